The molecule has 0 spiro atoms. The van der Waals surface area contributed by atoms with Crippen LogP contribution >= 0.6 is 0 Å². The number of aliphatic hydroxyl groups is 1. The van der Waals surface area contributed by atoms with Crippen LogP contribution in [0.15, 0.2) is 29.2 Å². The Kier molecular flexibility index (Phi) is 7.31. The van der Waals surface area contributed by atoms with Crippen LogP contribution in [0.4, 0.5) is 0 Å². The summed E-state index contributed by atoms with van der Waals surface area (Å²) >= 11 is 0. The van der Waals surface area contributed by atoms with E-state index in [1.54, 1.807) is 24.3 Å². The lowest BCUT2D eigenvalue weighted by Crippen LogP contribution is -2.38. The van der Waals surface area contributed by atoms with Crippen LogP contribution in [0.5, 0.6) is 0 Å². The van der Waals surface area contributed by atoms with Crippen LogP contribution < -0.4 is 5.32 Å². The van der Waals surface area contributed by atoms with Crippen molar-refractivity contribution in [3.8, 4) is 0 Å². The molecule has 1 unspecified atom stereocenters. The molecular formula is C15H26N2O3S. The van der Waals surface area contributed by atoms with Gasteiger partial charge in [0.05, 0.1) is 11.0 Å². The summed E-state index contributed by atoms with van der Waals surface area (Å²) in [6.45, 7) is 7.80. The number of aliphatic hydroxyl groups excluding tert-OH is 1. The molecular weight excluding hydrogens is 288 g/mol. The van der Waals surface area contributed by atoms with E-state index in [-0.39, 0.29) is 0 Å². The average Bonchev–Trinajstić information content (AvgIpc) is 2.44. The van der Waals surface area contributed by atoms with Gasteiger partial charge in [0, 0.05) is 25.9 Å². The smallest absolute Gasteiger partial charge is 0.175 e. The molecule has 5 nitrogen and oxygen atoms in total. The van der Waals surface area contributed by atoms with E-state index in [9.17, 15) is 13.5 Å². The Labute approximate surface area is 127 Å². The summed E-state index contributed by atoms with van der Waals surface area (Å²) in [6, 6.07) is 6.80. The Hall–Kier alpha value is -0.950. The van der Waals surface area contributed by atoms with Crippen LogP contribution in [0.1, 0.15) is 19.4 Å². The second-order valence-corrected chi connectivity index (χ2v) is 7.20. The molecule has 0 saturated carbocycles. The first-order valence-corrected chi connectivity index (χ1v) is 9.16. The Morgan fingerprint density at radius 2 is 1.76 bits per heavy atom. The molecule has 21 heavy (non-hydrogen) atoms. The van der Waals surface area contributed by atoms with Crippen molar-refractivity contribution in [3.05, 3.63) is 29.8 Å². The highest BCUT2D eigenvalue weighted by atomic mass is 32.2. The zero-order chi connectivity index (χ0) is 15.9. The SMILES string of the molecule is CCN(CC)CC(O)CNCc1ccc(S(C)(=O)=O)cc1. The third-order valence-electron chi connectivity index (χ3n) is 3.42. The van der Waals surface area contributed by atoms with Gasteiger partial charge in [0.25, 0.3) is 0 Å². The van der Waals surface area contributed by atoms with Crippen molar-refractivity contribution < 1.29 is 13.5 Å². The van der Waals surface area contributed by atoms with Crippen molar-refractivity contribution in [2.75, 3.05) is 32.4 Å². The van der Waals surface area contributed by atoms with Gasteiger partial charge in [0.1, 0.15) is 0 Å². The molecule has 0 radical (unpaired) electrons. The van der Waals surface area contributed by atoms with Crippen molar-refractivity contribution in [1.82, 2.24) is 10.2 Å². The quantitative estimate of drug-likeness (QED) is 0.708. The first-order chi connectivity index (χ1) is 9.86. The molecule has 0 aliphatic carbocycles. The summed E-state index contributed by atoms with van der Waals surface area (Å²) in [6.07, 6.45) is 0.796. The molecule has 0 aliphatic rings. The maximum absolute atomic E-state index is 11.4. The summed E-state index contributed by atoms with van der Waals surface area (Å²) in [5.74, 6) is 0. The van der Waals surface area contributed by atoms with E-state index in [1.165, 1.54) is 6.26 Å². The monoisotopic (exact) mass is 314 g/mol. The van der Waals surface area contributed by atoms with Gasteiger partial charge in [-0.15, -0.1) is 0 Å². The lowest BCUT2D eigenvalue weighted by atomic mass is 10.2. The van der Waals surface area contributed by atoms with E-state index in [1.807, 2.05) is 0 Å². The maximum atomic E-state index is 11.4. The van der Waals surface area contributed by atoms with Gasteiger partial charge in [0.2, 0.25) is 0 Å². The molecule has 1 atom stereocenters. The molecule has 0 aromatic heterocycles. The lowest BCUT2D eigenvalue weighted by Gasteiger charge is -2.22. The van der Waals surface area contributed by atoms with Crippen molar-refractivity contribution >= 4 is 9.84 Å². The fourth-order valence-electron chi connectivity index (χ4n) is 2.08. The lowest BCUT2D eigenvalue weighted by molar-refractivity contribution is 0.116. The van der Waals surface area contributed by atoms with Gasteiger partial charge >= 0.3 is 0 Å². The van der Waals surface area contributed by atoms with Gasteiger partial charge < -0.3 is 15.3 Å². The molecule has 0 fully saturated rings. The first kappa shape index (κ1) is 18.1. The molecule has 0 saturated heterocycles. The minimum Gasteiger partial charge on any atom is -0.390 e. The predicted molar refractivity (Wildman–Crippen MR) is 85.1 cm³/mol. The highest BCUT2D eigenvalue weighted by Gasteiger charge is 2.09. The molecule has 0 amide bonds. The Balaban J connectivity index is 2.39. The third kappa shape index (κ3) is 6.56. The van der Waals surface area contributed by atoms with Gasteiger partial charge in [-0.05, 0) is 30.8 Å². The fourth-order valence-corrected chi connectivity index (χ4v) is 2.71. The molecule has 2 N–H and O–H groups in total. The van der Waals surface area contributed by atoms with Crippen molar-refractivity contribution in [1.29, 1.82) is 0 Å². The predicted octanol–water partition coefficient (Wildman–Crippen LogP) is 0.882. The van der Waals surface area contributed by atoms with Gasteiger partial charge in [-0.3, -0.25) is 0 Å². The third-order valence-corrected chi connectivity index (χ3v) is 4.55. The Morgan fingerprint density at radius 1 is 1.19 bits per heavy atom. The van der Waals surface area contributed by atoms with Crippen molar-refractivity contribution in [2.24, 2.45) is 0 Å². The standard InChI is InChI=1S/C15H26N2O3S/c1-4-17(5-2)12-14(18)11-16-10-13-6-8-15(9-7-13)21(3,19)20/h6-9,14,16,18H,4-5,10-12H2,1-3H3. The van der Waals surface area contributed by atoms with Gasteiger partial charge in [-0.25, -0.2) is 8.42 Å². The highest BCUT2D eigenvalue weighted by molar-refractivity contribution is 7.90. The topological polar surface area (TPSA) is 69.6 Å². The summed E-state index contributed by atoms with van der Waals surface area (Å²) in [7, 11) is -3.14. The van der Waals surface area contributed by atoms with Crippen LogP contribution in [0.2, 0.25) is 0 Å². The number of hydrogen-bond acceptors (Lipinski definition) is 5. The molecule has 0 aliphatic heterocycles. The van der Waals surface area contributed by atoms with Crippen LogP contribution in [0.25, 0.3) is 0 Å². The van der Waals surface area contributed by atoms with E-state index in [4.69, 9.17) is 0 Å². The highest BCUT2D eigenvalue weighted by Crippen LogP contribution is 2.10. The minimum absolute atomic E-state index is 0.327. The van der Waals surface area contributed by atoms with Crippen LogP contribution in [0.3, 0.4) is 0 Å². The van der Waals surface area contributed by atoms with E-state index in [2.05, 4.69) is 24.1 Å². The maximum Gasteiger partial charge on any atom is 0.175 e. The van der Waals surface area contributed by atoms with Crippen molar-refractivity contribution in [3.63, 3.8) is 0 Å². The molecule has 1 aromatic rings. The minimum atomic E-state index is -3.14. The van der Waals surface area contributed by atoms with E-state index in [0.29, 0.717) is 24.5 Å². The molecule has 0 heterocycles. The molecule has 120 valence electrons. The number of benzene rings is 1. The van der Waals surface area contributed by atoms with Crippen LogP contribution in [-0.2, 0) is 16.4 Å². The Morgan fingerprint density at radius 3 is 2.24 bits per heavy atom. The molecule has 1 rings (SSSR count). The zero-order valence-corrected chi connectivity index (χ0v) is 13.9. The second-order valence-electron chi connectivity index (χ2n) is 5.19. The van der Waals surface area contributed by atoms with Crippen molar-refractivity contribution in [2.45, 2.75) is 31.4 Å². The number of hydrogen-bond donors (Lipinski definition) is 2. The van der Waals surface area contributed by atoms with E-state index >= 15 is 0 Å². The molecule has 1 aromatic carbocycles. The summed E-state index contributed by atoms with van der Waals surface area (Å²) in [5, 5.41) is 13.1. The molecule has 0 bridgehead atoms. The van der Waals surface area contributed by atoms with Gasteiger partial charge in [-0.2, -0.15) is 0 Å². The number of sulfone groups is 1. The zero-order valence-electron chi connectivity index (χ0n) is 13.0. The summed E-state index contributed by atoms with van der Waals surface area (Å²) in [4.78, 5) is 2.50. The van der Waals surface area contributed by atoms with Gasteiger partial charge in [0.15, 0.2) is 9.84 Å². The summed E-state index contributed by atoms with van der Waals surface area (Å²) < 4.78 is 22.7. The van der Waals surface area contributed by atoms with Crippen LogP contribution in [0, 0.1) is 0 Å². The molecule has 6 heteroatoms. The normalized spacial score (nSPS) is 13.6. The second kappa shape index (κ2) is 8.48. The Bertz CT molecular complexity index is 510. The number of nitrogens with zero attached hydrogens (tertiary/aromatic N) is 1. The van der Waals surface area contributed by atoms with Gasteiger partial charge in [-0.1, -0.05) is 26.0 Å². The number of likely N-dealkylation sites (N-methyl/N-ethyl adjacent to an activating group) is 1. The fraction of sp³-hybridized carbons (Fsp3) is 0.600. The average molecular weight is 314 g/mol. The first-order valence-electron chi connectivity index (χ1n) is 7.27. The summed E-state index contributed by atoms with van der Waals surface area (Å²) in [5.41, 5.74) is 0.998. The largest absolute Gasteiger partial charge is 0.390 e. The van der Waals surface area contributed by atoms with E-state index < -0.39 is 15.9 Å². The number of nitrogens with one attached hydrogen (secondary N) is 1. The van der Waals surface area contributed by atoms with Crippen LogP contribution in [-0.4, -0.2) is 57.0 Å². The van der Waals surface area contributed by atoms with E-state index in [0.717, 1.165) is 18.7 Å². The number of rotatable bonds is 9.